The molecular formula is C10H6ClF8N. The molecule has 10 heteroatoms. The first-order chi connectivity index (χ1) is 8.76. The Labute approximate surface area is 112 Å². The van der Waals surface area contributed by atoms with Crippen LogP contribution in [0, 0.1) is 0 Å². The zero-order valence-corrected chi connectivity index (χ0v) is 10.0. The van der Waals surface area contributed by atoms with Gasteiger partial charge in [0.15, 0.2) is 0 Å². The van der Waals surface area contributed by atoms with Crippen LogP contribution in [0.15, 0.2) is 18.2 Å². The highest BCUT2D eigenvalue weighted by molar-refractivity contribution is 6.30. The second-order valence-electron chi connectivity index (χ2n) is 3.87. The SMILES string of the molecule is N[C@@H](c1cc(Cl)cc(C(F)(F)F)c1)C(F)(F)C(F)(F)F. The van der Waals surface area contributed by atoms with Gasteiger partial charge in [0.05, 0.1) is 5.56 Å². The molecule has 0 unspecified atom stereocenters. The monoisotopic (exact) mass is 327 g/mol. The topological polar surface area (TPSA) is 26.0 Å². The van der Waals surface area contributed by atoms with Crippen molar-refractivity contribution >= 4 is 11.6 Å². The molecular weight excluding hydrogens is 322 g/mol. The molecule has 1 aromatic rings. The number of nitrogens with two attached hydrogens (primary N) is 1. The number of benzene rings is 1. The number of hydrogen-bond acceptors (Lipinski definition) is 1. The quantitative estimate of drug-likeness (QED) is 0.792. The molecule has 0 heterocycles. The molecule has 0 amide bonds. The Kier molecular flexibility index (Phi) is 4.27. The second kappa shape index (κ2) is 5.03. The molecule has 0 aliphatic rings. The first-order valence-corrected chi connectivity index (χ1v) is 5.22. The molecule has 0 fully saturated rings. The van der Waals surface area contributed by atoms with E-state index in [1.165, 1.54) is 0 Å². The van der Waals surface area contributed by atoms with E-state index in [9.17, 15) is 35.1 Å². The van der Waals surface area contributed by atoms with Crippen LogP contribution in [-0.4, -0.2) is 12.1 Å². The molecule has 114 valence electrons. The molecule has 0 saturated heterocycles. The Morgan fingerprint density at radius 2 is 1.40 bits per heavy atom. The van der Waals surface area contributed by atoms with E-state index in [2.05, 4.69) is 0 Å². The third-order valence-electron chi connectivity index (χ3n) is 2.38. The first-order valence-electron chi connectivity index (χ1n) is 4.84. The van der Waals surface area contributed by atoms with E-state index in [-0.39, 0.29) is 6.07 Å². The fourth-order valence-electron chi connectivity index (χ4n) is 1.34. The van der Waals surface area contributed by atoms with Gasteiger partial charge in [-0.25, -0.2) is 0 Å². The van der Waals surface area contributed by atoms with E-state index in [4.69, 9.17) is 17.3 Å². The molecule has 1 aromatic carbocycles. The van der Waals surface area contributed by atoms with Crippen LogP contribution in [0.4, 0.5) is 35.1 Å². The van der Waals surface area contributed by atoms with Crippen LogP contribution < -0.4 is 5.73 Å². The first kappa shape index (κ1) is 17.0. The Hall–Kier alpha value is -1.09. The lowest BCUT2D eigenvalue weighted by atomic mass is 9.99. The Bertz CT molecular complexity index is 493. The summed E-state index contributed by atoms with van der Waals surface area (Å²) in [5.41, 5.74) is 2.22. The summed E-state index contributed by atoms with van der Waals surface area (Å²) in [4.78, 5) is 0. The molecule has 1 atom stereocenters. The van der Waals surface area contributed by atoms with Crippen LogP contribution in [0.3, 0.4) is 0 Å². The van der Waals surface area contributed by atoms with Crippen molar-refractivity contribution in [3.63, 3.8) is 0 Å². The van der Waals surface area contributed by atoms with E-state index in [0.29, 0.717) is 12.1 Å². The standard InChI is InChI=1S/C10H6ClF8N/c11-6-2-4(1-5(3-6)9(14,15)16)7(20)8(12,13)10(17,18)19/h1-3,7H,20H2/t7-/m0/s1. The van der Waals surface area contributed by atoms with E-state index < -0.39 is 40.5 Å². The number of halogens is 9. The maximum Gasteiger partial charge on any atom is 0.455 e. The number of rotatable bonds is 2. The van der Waals surface area contributed by atoms with Crippen LogP contribution in [0.1, 0.15) is 17.2 Å². The summed E-state index contributed by atoms with van der Waals surface area (Å²) >= 11 is 5.28. The highest BCUT2D eigenvalue weighted by Crippen LogP contribution is 2.44. The lowest BCUT2D eigenvalue weighted by molar-refractivity contribution is -0.291. The Morgan fingerprint density at radius 1 is 0.900 bits per heavy atom. The minimum Gasteiger partial charge on any atom is -0.319 e. The van der Waals surface area contributed by atoms with Crippen molar-refractivity contribution in [3.8, 4) is 0 Å². The largest absolute Gasteiger partial charge is 0.455 e. The summed E-state index contributed by atoms with van der Waals surface area (Å²) in [6.07, 6.45) is -10.9. The molecule has 0 saturated carbocycles. The van der Waals surface area contributed by atoms with Gasteiger partial charge in [0, 0.05) is 5.02 Å². The molecule has 0 spiro atoms. The summed E-state index contributed by atoms with van der Waals surface area (Å²) < 4.78 is 99.6. The average molecular weight is 328 g/mol. The summed E-state index contributed by atoms with van der Waals surface area (Å²) in [6.45, 7) is 0. The van der Waals surface area contributed by atoms with Crippen LogP contribution in [0.5, 0.6) is 0 Å². The van der Waals surface area contributed by atoms with Crippen LogP contribution in [0.25, 0.3) is 0 Å². The van der Waals surface area contributed by atoms with Crippen molar-refractivity contribution in [3.05, 3.63) is 34.3 Å². The molecule has 1 nitrogen and oxygen atoms in total. The van der Waals surface area contributed by atoms with Gasteiger partial charge >= 0.3 is 18.3 Å². The highest BCUT2D eigenvalue weighted by Gasteiger charge is 2.61. The van der Waals surface area contributed by atoms with Gasteiger partial charge in [-0.1, -0.05) is 11.6 Å². The third kappa shape index (κ3) is 3.32. The van der Waals surface area contributed by atoms with Crippen LogP contribution >= 0.6 is 11.6 Å². The molecule has 0 aliphatic carbocycles. The van der Waals surface area contributed by atoms with E-state index >= 15 is 0 Å². The minimum absolute atomic E-state index is 0.107. The van der Waals surface area contributed by atoms with Crippen molar-refractivity contribution in [1.82, 2.24) is 0 Å². The fourth-order valence-corrected chi connectivity index (χ4v) is 1.58. The maximum absolute atomic E-state index is 13.0. The summed E-state index contributed by atoms with van der Waals surface area (Å²) in [5, 5.41) is -0.650. The summed E-state index contributed by atoms with van der Waals surface area (Å²) in [5.74, 6) is -5.39. The van der Waals surface area contributed by atoms with Gasteiger partial charge in [0.2, 0.25) is 0 Å². The molecule has 0 radical (unpaired) electrons. The average Bonchev–Trinajstić information content (AvgIpc) is 2.24. The lowest BCUT2D eigenvalue weighted by Crippen LogP contribution is -2.45. The van der Waals surface area contributed by atoms with Gasteiger partial charge in [0.1, 0.15) is 6.04 Å². The predicted molar refractivity (Wildman–Crippen MR) is 54.4 cm³/mol. The van der Waals surface area contributed by atoms with Gasteiger partial charge in [-0.3, -0.25) is 0 Å². The third-order valence-corrected chi connectivity index (χ3v) is 2.59. The number of hydrogen-bond donors (Lipinski definition) is 1. The smallest absolute Gasteiger partial charge is 0.319 e. The zero-order valence-electron chi connectivity index (χ0n) is 9.29. The molecule has 0 bridgehead atoms. The fraction of sp³-hybridized carbons (Fsp3) is 0.400. The van der Waals surface area contributed by atoms with Gasteiger partial charge in [-0.05, 0) is 23.8 Å². The molecule has 2 N–H and O–H groups in total. The van der Waals surface area contributed by atoms with Crippen molar-refractivity contribution in [2.45, 2.75) is 24.3 Å². The van der Waals surface area contributed by atoms with Crippen molar-refractivity contribution in [2.75, 3.05) is 0 Å². The van der Waals surface area contributed by atoms with E-state index in [0.717, 1.165) is 0 Å². The summed E-state index contributed by atoms with van der Waals surface area (Å²) in [6, 6.07) is -1.97. The van der Waals surface area contributed by atoms with Crippen molar-refractivity contribution in [2.24, 2.45) is 5.73 Å². The minimum atomic E-state index is -5.99. The van der Waals surface area contributed by atoms with E-state index in [1.54, 1.807) is 0 Å². The van der Waals surface area contributed by atoms with E-state index in [1.807, 2.05) is 0 Å². The Morgan fingerprint density at radius 3 is 1.80 bits per heavy atom. The maximum atomic E-state index is 13.0. The van der Waals surface area contributed by atoms with Crippen molar-refractivity contribution in [1.29, 1.82) is 0 Å². The van der Waals surface area contributed by atoms with Gasteiger partial charge < -0.3 is 5.73 Å². The zero-order chi connectivity index (χ0) is 15.9. The van der Waals surface area contributed by atoms with Crippen LogP contribution in [-0.2, 0) is 6.18 Å². The number of alkyl halides is 8. The molecule has 20 heavy (non-hydrogen) atoms. The lowest BCUT2D eigenvalue weighted by Gasteiger charge is -2.26. The van der Waals surface area contributed by atoms with Crippen molar-refractivity contribution < 1.29 is 35.1 Å². The summed E-state index contributed by atoms with van der Waals surface area (Å²) in [7, 11) is 0. The molecule has 0 aliphatic heterocycles. The normalized spacial score (nSPS) is 15.3. The predicted octanol–water partition coefficient (Wildman–Crippen LogP) is 4.56. The van der Waals surface area contributed by atoms with Gasteiger partial charge in [0.25, 0.3) is 0 Å². The molecule has 0 aromatic heterocycles. The van der Waals surface area contributed by atoms with Gasteiger partial charge in [-0.2, -0.15) is 35.1 Å². The van der Waals surface area contributed by atoms with Crippen LogP contribution in [0.2, 0.25) is 5.02 Å². The Balaban J connectivity index is 3.31. The molecule has 1 rings (SSSR count). The highest BCUT2D eigenvalue weighted by atomic mass is 35.5. The second-order valence-corrected chi connectivity index (χ2v) is 4.31. The van der Waals surface area contributed by atoms with Gasteiger partial charge in [-0.15, -0.1) is 0 Å².